The summed E-state index contributed by atoms with van der Waals surface area (Å²) in [6.07, 6.45) is 0. The lowest BCUT2D eigenvalue weighted by molar-refractivity contribution is -0.914. The van der Waals surface area contributed by atoms with E-state index in [2.05, 4.69) is 40.2 Å². The van der Waals surface area contributed by atoms with Crippen LogP contribution in [0.25, 0.3) is 11.5 Å². The molecule has 7 heteroatoms. The first-order valence-corrected chi connectivity index (χ1v) is 9.97. The number of anilines is 1. The molecule has 7 nitrogen and oxygen atoms in total. The first kappa shape index (κ1) is 19.8. The maximum atomic E-state index is 9.59. The number of hydrogen-bond acceptors (Lipinski definition) is 6. The fraction of sp³-hybridized carbons (Fsp3) is 0.304. The lowest BCUT2D eigenvalue weighted by atomic mass is 10.2. The molecule has 154 valence electrons. The minimum Gasteiger partial charge on any atom is -0.493 e. The molecule has 0 unspecified atom stereocenters. The summed E-state index contributed by atoms with van der Waals surface area (Å²) in [6, 6.07) is 18.2. The van der Waals surface area contributed by atoms with Gasteiger partial charge in [-0.05, 0) is 18.2 Å². The van der Waals surface area contributed by atoms with E-state index >= 15 is 0 Å². The summed E-state index contributed by atoms with van der Waals surface area (Å²) in [6.45, 7) is 4.60. The van der Waals surface area contributed by atoms with Crippen LogP contribution in [-0.4, -0.2) is 45.4 Å². The van der Waals surface area contributed by atoms with Crippen LogP contribution in [0, 0.1) is 11.3 Å². The van der Waals surface area contributed by atoms with Crippen LogP contribution in [0.5, 0.6) is 11.5 Å². The minimum atomic E-state index is 0.311. The van der Waals surface area contributed by atoms with Gasteiger partial charge < -0.3 is 23.7 Å². The summed E-state index contributed by atoms with van der Waals surface area (Å²) in [7, 11) is 3.18. The Bertz CT molecular complexity index is 1030. The molecule has 0 aliphatic carbocycles. The number of nitrogens with zero attached hydrogens (tertiary/aromatic N) is 3. The van der Waals surface area contributed by atoms with E-state index in [1.54, 1.807) is 26.4 Å². The summed E-state index contributed by atoms with van der Waals surface area (Å²) in [5.41, 5.74) is 2.39. The number of benzene rings is 2. The highest BCUT2D eigenvalue weighted by molar-refractivity contribution is 5.63. The number of quaternary nitrogens is 1. The van der Waals surface area contributed by atoms with Gasteiger partial charge in [0.1, 0.15) is 12.6 Å². The molecule has 0 atom stereocenters. The first-order chi connectivity index (χ1) is 14.7. The lowest BCUT2D eigenvalue weighted by Gasteiger charge is -2.31. The lowest BCUT2D eigenvalue weighted by Crippen LogP contribution is -3.13. The summed E-state index contributed by atoms with van der Waals surface area (Å²) < 4.78 is 16.7. The van der Waals surface area contributed by atoms with Crippen LogP contribution in [0.2, 0.25) is 0 Å². The van der Waals surface area contributed by atoms with E-state index in [-0.39, 0.29) is 0 Å². The smallest absolute Gasteiger partial charge is 0.235 e. The topological polar surface area (TPSA) is 76.0 Å². The van der Waals surface area contributed by atoms with Crippen molar-refractivity contribution in [2.45, 2.75) is 6.54 Å². The molecule has 2 heterocycles. The second kappa shape index (κ2) is 8.89. The maximum absolute atomic E-state index is 9.59. The van der Waals surface area contributed by atoms with Crippen molar-refractivity contribution in [2.75, 3.05) is 45.3 Å². The van der Waals surface area contributed by atoms with Gasteiger partial charge in [0, 0.05) is 11.1 Å². The molecule has 30 heavy (non-hydrogen) atoms. The second-order valence-electron chi connectivity index (χ2n) is 7.25. The summed E-state index contributed by atoms with van der Waals surface area (Å²) in [5.74, 6) is 2.17. The Hall–Kier alpha value is -3.50. The van der Waals surface area contributed by atoms with Gasteiger partial charge in [-0.15, -0.1) is 0 Å². The van der Waals surface area contributed by atoms with Crippen molar-refractivity contribution in [3.05, 3.63) is 59.8 Å². The third kappa shape index (κ3) is 4.09. The second-order valence-corrected chi connectivity index (χ2v) is 7.25. The molecule has 0 saturated carbocycles. The molecular weight excluding hydrogens is 380 g/mol. The van der Waals surface area contributed by atoms with Crippen LogP contribution in [0.1, 0.15) is 11.3 Å². The summed E-state index contributed by atoms with van der Waals surface area (Å²) in [5, 5.41) is 9.59. The molecule has 0 bridgehead atoms. The molecule has 0 spiro atoms. The quantitative estimate of drug-likeness (QED) is 0.677. The van der Waals surface area contributed by atoms with Gasteiger partial charge in [0.05, 0.1) is 40.4 Å². The van der Waals surface area contributed by atoms with Gasteiger partial charge in [-0.2, -0.15) is 10.2 Å². The maximum Gasteiger partial charge on any atom is 0.235 e. The Morgan fingerprint density at radius 3 is 2.47 bits per heavy atom. The number of ether oxygens (including phenoxy) is 2. The van der Waals surface area contributed by atoms with E-state index < -0.39 is 0 Å². The Morgan fingerprint density at radius 1 is 1.07 bits per heavy atom. The first-order valence-electron chi connectivity index (χ1n) is 9.97. The van der Waals surface area contributed by atoms with Crippen molar-refractivity contribution in [3.8, 4) is 29.0 Å². The zero-order valence-electron chi connectivity index (χ0n) is 17.2. The largest absolute Gasteiger partial charge is 0.493 e. The average molecular weight is 405 g/mol. The number of methoxy groups -OCH3 is 2. The van der Waals surface area contributed by atoms with Crippen molar-refractivity contribution >= 4 is 5.88 Å². The molecule has 1 N–H and O–H groups in total. The number of piperazine rings is 1. The van der Waals surface area contributed by atoms with Crippen LogP contribution in [0.3, 0.4) is 0 Å². The van der Waals surface area contributed by atoms with Crippen LogP contribution < -0.4 is 19.3 Å². The predicted molar refractivity (Wildman–Crippen MR) is 113 cm³/mol. The third-order valence-electron chi connectivity index (χ3n) is 5.40. The highest BCUT2D eigenvalue weighted by atomic mass is 16.5. The fourth-order valence-corrected chi connectivity index (χ4v) is 3.78. The van der Waals surface area contributed by atoms with E-state index in [1.807, 2.05) is 12.1 Å². The van der Waals surface area contributed by atoms with E-state index in [0.29, 0.717) is 29.0 Å². The number of hydrogen-bond donors (Lipinski definition) is 1. The molecular formula is C23H25N4O3+. The van der Waals surface area contributed by atoms with E-state index in [9.17, 15) is 5.26 Å². The number of nitriles is 1. The zero-order chi connectivity index (χ0) is 20.9. The summed E-state index contributed by atoms with van der Waals surface area (Å²) >= 11 is 0. The molecule has 1 saturated heterocycles. The molecule has 1 aromatic heterocycles. The van der Waals surface area contributed by atoms with Crippen LogP contribution in [0.4, 0.5) is 5.88 Å². The number of aromatic nitrogens is 1. The number of nitrogens with one attached hydrogen (secondary N) is 1. The van der Waals surface area contributed by atoms with Crippen molar-refractivity contribution in [2.24, 2.45) is 0 Å². The molecule has 0 radical (unpaired) electrons. The SMILES string of the molecule is COc1ccc(-c2nc(C#N)c(N3CC[NH+](Cc4ccccc4)CC3)o2)cc1OC. The monoisotopic (exact) mass is 405 g/mol. The zero-order valence-corrected chi connectivity index (χ0v) is 17.2. The van der Waals surface area contributed by atoms with Gasteiger partial charge >= 0.3 is 0 Å². The molecule has 0 amide bonds. The molecule has 1 fully saturated rings. The van der Waals surface area contributed by atoms with Crippen LogP contribution >= 0.6 is 0 Å². The fourth-order valence-electron chi connectivity index (χ4n) is 3.78. The predicted octanol–water partition coefficient (Wildman–Crippen LogP) is 2.14. The standard InChI is InChI=1S/C23H24N4O3/c1-28-20-9-8-18(14-21(20)29-2)22-25-19(15-24)23(30-22)27-12-10-26(11-13-27)16-17-6-4-3-5-7-17/h3-9,14H,10-13,16H2,1-2H3/p+1. The molecule has 1 aliphatic heterocycles. The van der Waals surface area contributed by atoms with Crippen LogP contribution in [-0.2, 0) is 6.54 Å². The van der Waals surface area contributed by atoms with Gasteiger partial charge in [-0.1, -0.05) is 30.3 Å². The van der Waals surface area contributed by atoms with Gasteiger partial charge in [0.15, 0.2) is 11.5 Å². The van der Waals surface area contributed by atoms with Crippen LogP contribution in [0.15, 0.2) is 52.9 Å². The van der Waals surface area contributed by atoms with Gasteiger partial charge in [0.2, 0.25) is 17.5 Å². The highest BCUT2D eigenvalue weighted by Crippen LogP contribution is 2.34. The Kier molecular flexibility index (Phi) is 5.87. The Labute approximate surface area is 176 Å². The molecule has 4 rings (SSSR count). The Morgan fingerprint density at radius 2 is 1.80 bits per heavy atom. The van der Waals surface area contributed by atoms with Gasteiger partial charge in [-0.25, -0.2) is 0 Å². The third-order valence-corrected chi connectivity index (χ3v) is 5.40. The van der Waals surface area contributed by atoms with E-state index in [1.165, 1.54) is 10.5 Å². The van der Waals surface area contributed by atoms with Gasteiger partial charge in [-0.3, -0.25) is 0 Å². The highest BCUT2D eigenvalue weighted by Gasteiger charge is 2.26. The normalized spacial score (nSPS) is 14.4. The molecule has 3 aromatic rings. The minimum absolute atomic E-state index is 0.311. The number of rotatable bonds is 6. The van der Waals surface area contributed by atoms with Crippen molar-refractivity contribution in [3.63, 3.8) is 0 Å². The van der Waals surface area contributed by atoms with E-state index in [0.717, 1.165) is 38.3 Å². The number of oxazole rings is 1. The van der Waals surface area contributed by atoms with Crippen molar-refractivity contribution < 1.29 is 18.8 Å². The molecule has 1 aliphatic rings. The Balaban J connectivity index is 1.49. The van der Waals surface area contributed by atoms with Crippen molar-refractivity contribution in [1.82, 2.24) is 4.98 Å². The average Bonchev–Trinajstić information content (AvgIpc) is 3.24. The van der Waals surface area contributed by atoms with Gasteiger partial charge in [0.25, 0.3) is 0 Å². The summed E-state index contributed by atoms with van der Waals surface area (Å²) in [4.78, 5) is 8.06. The van der Waals surface area contributed by atoms with Crippen molar-refractivity contribution in [1.29, 1.82) is 5.26 Å². The molecule has 2 aromatic carbocycles. The van der Waals surface area contributed by atoms with E-state index in [4.69, 9.17) is 13.9 Å².